The molecule has 0 aliphatic rings. The molecule has 12 heteroatoms. The number of hydrogen-bond donors (Lipinski definition) is 2. The predicted molar refractivity (Wildman–Crippen MR) is 112 cm³/mol. The number of nitro groups is 1. The predicted octanol–water partition coefficient (Wildman–Crippen LogP) is 3.46. The van der Waals surface area contributed by atoms with Gasteiger partial charge in [-0.25, -0.2) is 4.79 Å². The van der Waals surface area contributed by atoms with Crippen molar-refractivity contribution in [2.75, 3.05) is 6.61 Å². The van der Waals surface area contributed by atoms with Crippen molar-refractivity contribution in [3.8, 4) is 0 Å². The Morgan fingerprint density at radius 2 is 1.79 bits per heavy atom. The number of nitrogens with zero attached hydrogens (tertiary/aromatic N) is 1. The Kier molecular flexibility index (Phi) is 8.70. The van der Waals surface area contributed by atoms with E-state index in [1.54, 1.807) is 6.92 Å². The molecular formula is C22H21F3N2O7. The lowest BCUT2D eigenvalue weighted by Crippen LogP contribution is -2.46. The maximum Gasteiger partial charge on any atom is 0.416 e. The number of alkyl halides is 3. The second-order valence-electron chi connectivity index (χ2n) is 7.22. The van der Waals surface area contributed by atoms with Gasteiger partial charge < -0.3 is 15.2 Å². The van der Waals surface area contributed by atoms with Crippen molar-refractivity contribution in [1.82, 2.24) is 5.32 Å². The number of nitrogens with one attached hydrogen (secondary N) is 1. The number of carboxylic acid groups (broad SMARTS) is 1. The molecule has 1 amide bonds. The van der Waals surface area contributed by atoms with Crippen LogP contribution in [-0.4, -0.2) is 40.5 Å². The number of ether oxygens (including phenoxy) is 1. The highest BCUT2D eigenvalue weighted by atomic mass is 19.4. The second-order valence-corrected chi connectivity index (χ2v) is 7.22. The zero-order valence-corrected chi connectivity index (χ0v) is 17.9. The molecule has 9 nitrogen and oxygen atoms in total. The fourth-order valence-electron chi connectivity index (χ4n) is 3.27. The normalized spacial score (nSPS) is 12.9. The Bertz CT molecular complexity index is 1060. The van der Waals surface area contributed by atoms with Crippen LogP contribution in [0.5, 0.6) is 0 Å². The summed E-state index contributed by atoms with van der Waals surface area (Å²) in [5, 5.41) is 22.9. The van der Waals surface area contributed by atoms with Crippen LogP contribution in [0.15, 0.2) is 48.5 Å². The van der Waals surface area contributed by atoms with Gasteiger partial charge in [0, 0.05) is 18.1 Å². The molecule has 2 rings (SSSR count). The van der Waals surface area contributed by atoms with Gasteiger partial charge in [-0.05, 0) is 24.1 Å². The molecule has 34 heavy (non-hydrogen) atoms. The smallest absolute Gasteiger partial charge is 0.416 e. The van der Waals surface area contributed by atoms with Crippen LogP contribution in [0, 0.1) is 10.1 Å². The minimum atomic E-state index is -4.61. The number of aliphatic carboxylic acids is 1. The summed E-state index contributed by atoms with van der Waals surface area (Å²) in [6.07, 6.45) is -5.62. The number of amides is 1. The Morgan fingerprint density at radius 1 is 1.15 bits per heavy atom. The van der Waals surface area contributed by atoms with Gasteiger partial charge in [-0.2, -0.15) is 13.2 Å². The maximum atomic E-state index is 12.9. The molecule has 0 fully saturated rings. The molecule has 0 heterocycles. The quantitative estimate of drug-likeness (QED) is 0.301. The number of rotatable bonds is 10. The first-order valence-electron chi connectivity index (χ1n) is 10.0. The first-order chi connectivity index (χ1) is 15.9. The highest BCUT2D eigenvalue weighted by Gasteiger charge is 2.34. The zero-order chi connectivity index (χ0) is 25.5. The average molecular weight is 482 g/mol. The van der Waals surface area contributed by atoms with Crippen LogP contribution in [0.25, 0.3) is 0 Å². The molecular weight excluding hydrogens is 461 g/mol. The molecule has 0 spiro atoms. The first-order valence-corrected chi connectivity index (χ1v) is 10.0. The molecule has 2 N–H and O–H groups in total. The van der Waals surface area contributed by atoms with Gasteiger partial charge in [-0.3, -0.25) is 19.7 Å². The lowest BCUT2D eigenvalue weighted by Gasteiger charge is -2.25. The molecule has 2 atom stereocenters. The van der Waals surface area contributed by atoms with Crippen LogP contribution in [-0.2, 0) is 31.7 Å². The highest BCUT2D eigenvalue weighted by molar-refractivity contribution is 5.86. The zero-order valence-electron chi connectivity index (χ0n) is 17.9. The number of carboxylic acids is 1. The third-order valence-electron chi connectivity index (χ3n) is 4.83. The number of hydrogen-bond acceptors (Lipinski definition) is 6. The van der Waals surface area contributed by atoms with E-state index < -0.39 is 59.3 Å². The van der Waals surface area contributed by atoms with E-state index in [-0.39, 0.29) is 23.4 Å². The number of carbonyl (C=O) groups is 3. The van der Waals surface area contributed by atoms with Crippen LogP contribution < -0.4 is 5.32 Å². The number of nitro benzene ring substituents is 1. The fourth-order valence-corrected chi connectivity index (χ4v) is 3.27. The van der Waals surface area contributed by atoms with E-state index in [2.05, 4.69) is 5.32 Å². The van der Waals surface area contributed by atoms with Gasteiger partial charge in [0.2, 0.25) is 5.91 Å². The molecule has 2 aromatic rings. The Labute approximate surface area is 191 Å². The molecule has 0 aromatic heterocycles. The highest BCUT2D eigenvalue weighted by Crippen LogP contribution is 2.30. The minimum absolute atomic E-state index is 0.00809. The van der Waals surface area contributed by atoms with Gasteiger partial charge >= 0.3 is 18.1 Å². The molecule has 0 aliphatic heterocycles. The number of non-ortho nitro benzene ring substituents is 1. The van der Waals surface area contributed by atoms with E-state index in [9.17, 15) is 42.8 Å². The standard InChI is InChI=1S/C22H21F3N2O7/c1-2-34-19(29)12-17(14-6-8-16(9-7-14)27(32)33)20(21(30)31)26-18(28)11-13-4-3-5-15(10-13)22(23,24)25/h3-10,17,20H,2,11-12H2,1H3,(H,26,28)(H,30,31)/t17-,20-/m0/s1. The monoisotopic (exact) mass is 482 g/mol. The number of esters is 1. The van der Waals surface area contributed by atoms with E-state index in [0.29, 0.717) is 0 Å². The second kappa shape index (κ2) is 11.3. The third-order valence-corrected chi connectivity index (χ3v) is 4.83. The van der Waals surface area contributed by atoms with Gasteiger partial charge in [0.1, 0.15) is 6.04 Å². The van der Waals surface area contributed by atoms with Crippen molar-refractivity contribution in [3.05, 3.63) is 75.3 Å². The van der Waals surface area contributed by atoms with E-state index >= 15 is 0 Å². The topological polar surface area (TPSA) is 136 Å². The molecule has 0 bridgehead atoms. The van der Waals surface area contributed by atoms with Gasteiger partial charge in [-0.15, -0.1) is 0 Å². The maximum absolute atomic E-state index is 12.9. The Balaban J connectivity index is 2.30. The summed E-state index contributed by atoms with van der Waals surface area (Å²) in [6, 6.07) is 7.14. The van der Waals surface area contributed by atoms with E-state index in [1.165, 1.54) is 18.2 Å². The van der Waals surface area contributed by atoms with Gasteiger partial charge in [0.05, 0.1) is 29.9 Å². The van der Waals surface area contributed by atoms with E-state index in [0.717, 1.165) is 30.3 Å². The van der Waals surface area contributed by atoms with Crippen molar-refractivity contribution in [2.24, 2.45) is 0 Å². The summed E-state index contributed by atoms with van der Waals surface area (Å²) in [5.41, 5.74) is -1.00. The summed E-state index contributed by atoms with van der Waals surface area (Å²) < 4.78 is 43.6. The average Bonchev–Trinajstić information content (AvgIpc) is 2.76. The van der Waals surface area contributed by atoms with Gasteiger partial charge in [0.15, 0.2) is 0 Å². The van der Waals surface area contributed by atoms with Gasteiger partial charge in [-0.1, -0.05) is 30.3 Å². The molecule has 0 saturated carbocycles. The van der Waals surface area contributed by atoms with E-state index in [4.69, 9.17) is 4.74 Å². The Morgan fingerprint density at radius 3 is 2.32 bits per heavy atom. The van der Waals surface area contributed by atoms with Gasteiger partial charge in [0.25, 0.3) is 5.69 Å². The largest absolute Gasteiger partial charge is 0.480 e. The molecule has 0 radical (unpaired) electrons. The summed E-state index contributed by atoms with van der Waals surface area (Å²) in [7, 11) is 0. The lowest BCUT2D eigenvalue weighted by atomic mass is 9.88. The first kappa shape index (κ1) is 26.3. The fraction of sp³-hybridized carbons (Fsp3) is 0.318. The van der Waals surface area contributed by atoms with Crippen molar-refractivity contribution in [1.29, 1.82) is 0 Å². The number of benzene rings is 2. The molecule has 2 aromatic carbocycles. The van der Waals surface area contributed by atoms with E-state index in [1.807, 2.05) is 0 Å². The number of halogens is 3. The molecule has 0 aliphatic carbocycles. The summed E-state index contributed by atoms with van der Waals surface area (Å²) >= 11 is 0. The SMILES string of the molecule is CCOC(=O)C[C@@H](c1ccc([N+](=O)[O-])cc1)[C@H](NC(=O)Cc1cccc(C(F)(F)F)c1)C(=O)O. The summed E-state index contributed by atoms with van der Waals surface area (Å²) in [4.78, 5) is 46.8. The third kappa shape index (κ3) is 7.29. The van der Waals surface area contributed by atoms with Crippen molar-refractivity contribution >= 4 is 23.5 Å². The van der Waals surface area contributed by atoms with Crippen molar-refractivity contribution in [3.63, 3.8) is 0 Å². The summed E-state index contributed by atoms with van der Waals surface area (Å²) in [5.74, 6) is -4.32. The number of carbonyl (C=O) groups excluding carboxylic acids is 2. The van der Waals surface area contributed by atoms with Crippen LogP contribution in [0.1, 0.15) is 36.0 Å². The van der Waals surface area contributed by atoms with Crippen molar-refractivity contribution in [2.45, 2.75) is 37.9 Å². The van der Waals surface area contributed by atoms with Crippen LogP contribution in [0.4, 0.5) is 18.9 Å². The van der Waals surface area contributed by atoms with Crippen molar-refractivity contribution < 1.29 is 42.3 Å². The molecule has 182 valence electrons. The lowest BCUT2D eigenvalue weighted by molar-refractivity contribution is -0.384. The van der Waals surface area contributed by atoms with Crippen LogP contribution >= 0.6 is 0 Å². The van der Waals surface area contributed by atoms with Crippen LogP contribution in [0.3, 0.4) is 0 Å². The molecule has 0 saturated heterocycles. The van der Waals surface area contributed by atoms with Crippen LogP contribution in [0.2, 0.25) is 0 Å². The summed E-state index contributed by atoms with van der Waals surface area (Å²) in [6.45, 7) is 1.57. The molecule has 0 unspecified atom stereocenters. The minimum Gasteiger partial charge on any atom is -0.480 e. The Hall–Kier alpha value is -3.96.